The summed E-state index contributed by atoms with van der Waals surface area (Å²) in [5.74, 6) is 0.770. The van der Waals surface area contributed by atoms with Gasteiger partial charge in [-0.3, -0.25) is 4.98 Å². The Hall–Kier alpha value is -2.88. The van der Waals surface area contributed by atoms with E-state index in [1.54, 1.807) is 31.4 Å². The summed E-state index contributed by atoms with van der Waals surface area (Å²) in [5, 5.41) is 0.928. The molecule has 0 saturated carbocycles. The molecule has 4 nitrogen and oxygen atoms in total. The molecule has 0 aliphatic rings. The van der Waals surface area contributed by atoms with Crippen molar-refractivity contribution in [3.63, 3.8) is 0 Å². The highest BCUT2D eigenvalue weighted by Gasteiger charge is 2.14. The normalized spacial score (nSPS) is 10.6. The van der Waals surface area contributed by atoms with Gasteiger partial charge in [0.2, 0.25) is 0 Å². The van der Waals surface area contributed by atoms with Crippen LogP contribution in [-0.4, -0.2) is 18.1 Å². The number of methoxy groups -OCH3 is 1. The summed E-state index contributed by atoms with van der Waals surface area (Å²) in [4.78, 5) is 16.9. The molecule has 3 rings (SSSR count). The minimum absolute atomic E-state index is 0.413. The molecule has 0 amide bonds. The lowest BCUT2D eigenvalue weighted by atomic mass is 10.1. The molecule has 3 aromatic rings. The number of pyridine rings is 1. The molecule has 0 unspecified atom stereocenters. The minimum Gasteiger partial charge on any atom is -0.497 e. The van der Waals surface area contributed by atoms with E-state index in [-0.39, 0.29) is 0 Å². The van der Waals surface area contributed by atoms with Crippen LogP contribution < -0.4 is 9.47 Å². The highest BCUT2D eigenvalue weighted by atomic mass is 16.5. The van der Waals surface area contributed by atoms with Gasteiger partial charge in [-0.15, -0.1) is 0 Å². The number of esters is 1. The first-order valence-corrected chi connectivity index (χ1v) is 7.31. The van der Waals surface area contributed by atoms with Crippen molar-refractivity contribution < 1.29 is 14.3 Å². The summed E-state index contributed by atoms with van der Waals surface area (Å²) in [6.07, 6.45) is 0. The van der Waals surface area contributed by atoms with Crippen LogP contribution in [0.15, 0.2) is 48.5 Å². The van der Waals surface area contributed by atoms with Crippen LogP contribution in [0.5, 0.6) is 11.5 Å². The van der Waals surface area contributed by atoms with Gasteiger partial charge in [0.15, 0.2) is 0 Å². The predicted molar refractivity (Wildman–Crippen MR) is 89.2 cm³/mol. The fourth-order valence-electron chi connectivity index (χ4n) is 2.40. The lowest BCUT2D eigenvalue weighted by molar-refractivity contribution is 0.0733. The van der Waals surface area contributed by atoms with E-state index in [0.29, 0.717) is 22.8 Å². The van der Waals surface area contributed by atoms with Crippen molar-refractivity contribution in [1.29, 1.82) is 0 Å². The van der Waals surface area contributed by atoms with E-state index in [9.17, 15) is 4.79 Å². The van der Waals surface area contributed by atoms with E-state index in [0.717, 1.165) is 16.5 Å². The van der Waals surface area contributed by atoms with Gasteiger partial charge in [0.25, 0.3) is 0 Å². The Balaban J connectivity index is 1.91. The Bertz CT molecular complexity index is 870. The van der Waals surface area contributed by atoms with Gasteiger partial charge >= 0.3 is 5.97 Å². The van der Waals surface area contributed by atoms with Crippen molar-refractivity contribution in [2.45, 2.75) is 13.8 Å². The molecule has 1 heterocycles. The fourth-order valence-corrected chi connectivity index (χ4v) is 2.40. The van der Waals surface area contributed by atoms with Gasteiger partial charge in [0, 0.05) is 5.39 Å². The number of aryl methyl sites for hydroxylation is 2. The third kappa shape index (κ3) is 3.16. The second kappa shape index (κ2) is 6.08. The molecule has 0 aliphatic carbocycles. The van der Waals surface area contributed by atoms with E-state index < -0.39 is 5.97 Å². The molecule has 4 heteroatoms. The number of hydrogen-bond acceptors (Lipinski definition) is 4. The van der Waals surface area contributed by atoms with Crippen LogP contribution in [-0.2, 0) is 0 Å². The molecule has 116 valence electrons. The number of hydrogen-bond donors (Lipinski definition) is 0. The number of carbonyl (C=O) groups is 1. The predicted octanol–water partition coefficient (Wildman–Crippen LogP) is 4.08. The molecule has 0 spiro atoms. The average molecular weight is 307 g/mol. The quantitative estimate of drug-likeness (QED) is 0.540. The number of carbonyl (C=O) groups excluding carboxylic acids is 1. The Morgan fingerprint density at radius 3 is 2.35 bits per heavy atom. The third-order valence-electron chi connectivity index (χ3n) is 3.65. The standard InChI is InChI=1S/C19H17NO3/c1-12-4-9-18-14(10-12)11-17(13(2)20-18)19(21)23-16-7-5-15(22-3)6-8-16/h4-11H,1-3H3. The van der Waals surface area contributed by atoms with Crippen LogP contribution in [0, 0.1) is 13.8 Å². The lowest BCUT2D eigenvalue weighted by Crippen LogP contribution is -2.11. The second-order valence-electron chi connectivity index (χ2n) is 5.38. The van der Waals surface area contributed by atoms with Crippen LogP contribution in [0.3, 0.4) is 0 Å². The monoisotopic (exact) mass is 307 g/mol. The number of nitrogens with zero attached hydrogens (tertiary/aromatic N) is 1. The summed E-state index contributed by atoms with van der Waals surface area (Å²) in [5.41, 5.74) is 3.12. The Morgan fingerprint density at radius 2 is 1.65 bits per heavy atom. The van der Waals surface area contributed by atoms with Crippen LogP contribution >= 0.6 is 0 Å². The molecule has 0 saturated heterocycles. The zero-order valence-electron chi connectivity index (χ0n) is 13.3. The number of fused-ring (bicyclic) bond motifs is 1. The van der Waals surface area contributed by atoms with Crippen LogP contribution in [0.2, 0.25) is 0 Å². The van der Waals surface area contributed by atoms with Crippen molar-refractivity contribution in [2.75, 3.05) is 7.11 Å². The molecular weight excluding hydrogens is 290 g/mol. The molecule has 0 radical (unpaired) electrons. The van der Waals surface area contributed by atoms with Gasteiger partial charge in [0.1, 0.15) is 11.5 Å². The van der Waals surface area contributed by atoms with Gasteiger partial charge in [-0.1, -0.05) is 11.6 Å². The van der Waals surface area contributed by atoms with Crippen molar-refractivity contribution >= 4 is 16.9 Å². The largest absolute Gasteiger partial charge is 0.497 e. The van der Waals surface area contributed by atoms with Gasteiger partial charge in [-0.05, 0) is 56.3 Å². The number of aromatic nitrogens is 1. The first-order valence-electron chi connectivity index (χ1n) is 7.31. The number of ether oxygens (including phenoxy) is 2. The summed E-state index contributed by atoms with van der Waals surface area (Å²) < 4.78 is 10.5. The Labute approximate surface area is 134 Å². The maximum Gasteiger partial charge on any atom is 0.345 e. The summed E-state index contributed by atoms with van der Waals surface area (Å²) in [7, 11) is 1.59. The van der Waals surface area contributed by atoms with Crippen molar-refractivity contribution in [1.82, 2.24) is 4.98 Å². The van der Waals surface area contributed by atoms with E-state index in [4.69, 9.17) is 9.47 Å². The molecule has 0 bridgehead atoms. The highest BCUT2D eigenvalue weighted by Crippen LogP contribution is 2.21. The molecular formula is C19H17NO3. The molecule has 23 heavy (non-hydrogen) atoms. The van der Waals surface area contributed by atoms with Gasteiger partial charge in [-0.2, -0.15) is 0 Å². The third-order valence-corrected chi connectivity index (χ3v) is 3.65. The van der Waals surface area contributed by atoms with E-state index >= 15 is 0 Å². The van der Waals surface area contributed by atoms with E-state index in [2.05, 4.69) is 4.98 Å². The number of rotatable bonds is 3. The molecule has 0 atom stereocenters. The van der Waals surface area contributed by atoms with Crippen molar-refractivity contribution in [3.8, 4) is 11.5 Å². The Morgan fingerprint density at radius 1 is 0.957 bits per heavy atom. The van der Waals surface area contributed by atoms with Gasteiger partial charge in [0.05, 0.1) is 23.9 Å². The first-order chi connectivity index (χ1) is 11.1. The van der Waals surface area contributed by atoms with Crippen molar-refractivity contribution in [3.05, 3.63) is 65.4 Å². The molecule has 1 aromatic heterocycles. The topological polar surface area (TPSA) is 48.4 Å². The summed E-state index contributed by atoms with van der Waals surface area (Å²) in [6, 6.07) is 14.7. The SMILES string of the molecule is COc1ccc(OC(=O)c2cc3cc(C)ccc3nc2C)cc1. The zero-order valence-corrected chi connectivity index (χ0v) is 13.3. The van der Waals surface area contributed by atoms with Gasteiger partial charge < -0.3 is 9.47 Å². The van der Waals surface area contributed by atoms with Crippen LogP contribution in [0.4, 0.5) is 0 Å². The number of benzene rings is 2. The van der Waals surface area contributed by atoms with Crippen molar-refractivity contribution in [2.24, 2.45) is 0 Å². The Kier molecular flexibility index (Phi) is 3.98. The molecule has 2 aromatic carbocycles. The smallest absolute Gasteiger partial charge is 0.345 e. The maximum atomic E-state index is 12.4. The molecule has 0 fully saturated rings. The first kappa shape index (κ1) is 15.0. The van der Waals surface area contributed by atoms with Crippen LogP contribution in [0.1, 0.15) is 21.6 Å². The minimum atomic E-state index is -0.413. The highest BCUT2D eigenvalue weighted by molar-refractivity contribution is 5.96. The van der Waals surface area contributed by atoms with Gasteiger partial charge in [-0.25, -0.2) is 4.79 Å². The average Bonchev–Trinajstić information content (AvgIpc) is 2.55. The van der Waals surface area contributed by atoms with E-state index in [1.807, 2.05) is 38.1 Å². The summed E-state index contributed by atoms with van der Waals surface area (Å²) >= 11 is 0. The molecule has 0 N–H and O–H groups in total. The fraction of sp³-hybridized carbons (Fsp3) is 0.158. The zero-order chi connectivity index (χ0) is 16.4. The summed E-state index contributed by atoms with van der Waals surface area (Å²) in [6.45, 7) is 3.82. The lowest BCUT2D eigenvalue weighted by Gasteiger charge is -2.09. The van der Waals surface area contributed by atoms with Crippen LogP contribution in [0.25, 0.3) is 10.9 Å². The maximum absolute atomic E-state index is 12.4. The van der Waals surface area contributed by atoms with E-state index in [1.165, 1.54) is 0 Å². The second-order valence-corrected chi connectivity index (χ2v) is 5.38. The molecule has 0 aliphatic heterocycles.